The highest BCUT2D eigenvalue weighted by Gasteiger charge is 2.08. The van der Waals surface area contributed by atoms with Gasteiger partial charge in [-0.05, 0) is 56.4 Å². The van der Waals surface area contributed by atoms with E-state index < -0.39 is 0 Å². The van der Waals surface area contributed by atoms with E-state index in [1.54, 1.807) is 0 Å². The van der Waals surface area contributed by atoms with Gasteiger partial charge in [-0.15, -0.1) is 0 Å². The third-order valence-corrected chi connectivity index (χ3v) is 3.14. The fourth-order valence-corrected chi connectivity index (χ4v) is 2.11. The molecule has 0 saturated carbocycles. The maximum absolute atomic E-state index is 10.0. The van der Waals surface area contributed by atoms with Crippen LogP contribution in [0.15, 0.2) is 24.3 Å². The molecule has 2 nitrogen and oxygen atoms in total. The number of hydrogen-bond donors (Lipinski definition) is 1. The van der Waals surface area contributed by atoms with Crippen molar-refractivity contribution < 1.29 is 9.84 Å². The molecular weight excluding hydrogens is 232 g/mol. The summed E-state index contributed by atoms with van der Waals surface area (Å²) in [4.78, 5) is 0. The number of aliphatic hydroxyl groups excluding tert-OH is 1. The van der Waals surface area contributed by atoms with Gasteiger partial charge in [-0.2, -0.15) is 11.8 Å². The summed E-state index contributed by atoms with van der Waals surface area (Å²) < 4.78 is 5.62. The molecule has 3 heteroatoms. The normalized spacial score (nSPS) is 12.8. The maximum atomic E-state index is 10.0. The lowest BCUT2D eigenvalue weighted by Gasteiger charge is -2.14. The zero-order valence-electron chi connectivity index (χ0n) is 10.8. The van der Waals surface area contributed by atoms with Gasteiger partial charge >= 0.3 is 0 Å². The first-order valence-corrected chi connectivity index (χ1v) is 7.46. The van der Waals surface area contributed by atoms with Crippen molar-refractivity contribution in [1.29, 1.82) is 0 Å². The van der Waals surface area contributed by atoms with Gasteiger partial charge in [0.1, 0.15) is 5.75 Å². The van der Waals surface area contributed by atoms with Crippen molar-refractivity contribution in [2.75, 3.05) is 12.0 Å². The van der Waals surface area contributed by atoms with E-state index in [9.17, 15) is 5.11 Å². The Morgan fingerprint density at radius 3 is 2.76 bits per heavy atom. The lowest BCUT2D eigenvalue weighted by molar-refractivity contribution is 0.165. The van der Waals surface area contributed by atoms with Crippen LogP contribution in [0, 0.1) is 0 Å². The summed E-state index contributed by atoms with van der Waals surface area (Å²) in [6.07, 6.45) is 3.73. The molecule has 1 rings (SSSR count). The topological polar surface area (TPSA) is 29.5 Å². The summed E-state index contributed by atoms with van der Waals surface area (Å²) in [7, 11) is 0. The van der Waals surface area contributed by atoms with E-state index in [1.807, 2.05) is 49.9 Å². The maximum Gasteiger partial charge on any atom is 0.120 e. The van der Waals surface area contributed by atoms with Crippen LogP contribution in [0.5, 0.6) is 5.75 Å². The van der Waals surface area contributed by atoms with Crippen molar-refractivity contribution in [3.8, 4) is 5.75 Å². The van der Waals surface area contributed by atoms with Crippen molar-refractivity contribution in [1.82, 2.24) is 0 Å². The molecule has 0 radical (unpaired) electrons. The second kappa shape index (κ2) is 7.62. The highest BCUT2D eigenvalue weighted by Crippen LogP contribution is 2.23. The van der Waals surface area contributed by atoms with E-state index in [4.69, 9.17) is 4.74 Å². The van der Waals surface area contributed by atoms with Crippen LogP contribution in [0.1, 0.15) is 38.4 Å². The van der Waals surface area contributed by atoms with Crippen LogP contribution < -0.4 is 4.74 Å². The largest absolute Gasteiger partial charge is 0.491 e. The molecule has 0 heterocycles. The quantitative estimate of drug-likeness (QED) is 0.753. The third kappa shape index (κ3) is 5.46. The van der Waals surface area contributed by atoms with Gasteiger partial charge in [0.25, 0.3) is 0 Å². The Kier molecular flexibility index (Phi) is 6.45. The Balaban J connectivity index is 2.57. The minimum absolute atomic E-state index is 0.166. The summed E-state index contributed by atoms with van der Waals surface area (Å²) in [5, 5.41) is 10.0. The minimum Gasteiger partial charge on any atom is -0.491 e. The van der Waals surface area contributed by atoms with Crippen molar-refractivity contribution >= 4 is 11.8 Å². The zero-order valence-corrected chi connectivity index (χ0v) is 11.7. The van der Waals surface area contributed by atoms with Crippen LogP contribution in [0.25, 0.3) is 0 Å². The van der Waals surface area contributed by atoms with Crippen molar-refractivity contribution in [2.45, 2.75) is 38.9 Å². The molecule has 0 aliphatic rings. The molecule has 1 atom stereocenters. The van der Waals surface area contributed by atoms with Gasteiger partial charge in [0.2, 0.25) is 0 Å². The summed E-state index contributed by atoms with van der Waals surface area (Å²) in [5.41, 5.74) is 0.948. The summed E-state index contributed by atoms with van der Waals surface area (Å²) in [5.74, 6) is 1.93. The molecule has 0 aliphatic carbocycles. The molecule has 1 aromatic rings. The molecule has 0 fully saturated rings. The zero-order chi connectivity index (χ0) is 12.7. The van der Waals surface area contributed by atoms with E-state index in [2.05, 4.69) is 6.26 Å². The van der Waals surface area contributed by atoms with Crippen molar-refractivity contribution in [3.63, 3.8) is 0 Å². The van der Waals surface area contributed by atoms with Gasteiger partial charge in [-0.3, -0.25) is 0 Å². The van der Waals surface area contributed by atoms with E-state index >= 15 is 0 Å². The first-order valence-electron chi connectivity index (χ1n) is 6.07. The van der Waals surface area contributed by atoms with Gasteiger partial charge in [0.05, 0.1) is 12.2 Å². The Labute approximate surface area is 108 Å². The smallest absolute Gasteiger partial charge is 0.120 e. The number of thioether (sulfide) groups is 1. The highest BCUT2D eigenvalue weighted by molar-refractivity contribution is 7.98. The first kappa shape index (κ1) is 14.4. The molecule has 0 amide bonds. The van der Waals surface area contributed by atoms with Crippen LogP contribution in [0.2, 0.25) is 0 Å². The Morgan fingerprint density at radius 1 is 1.35 bits per heavy atom. The molecule has 96 valence electrons. The minimum atomic E-state index is -0.377. The molecular formula is C14H22O2S. The first-order chi connectivity index (χ1) is 8.13. The van der Waals surface area contributed by atoms with Crippen molar-refractivity contribution in [2.24, 2.45) is 0 Å². The summed E-state index contributed by atoms with van der Waals surface area (Å²) >= 11 is 1.81. The lowest BCUT2D eigenvalue weighted by Crippen LogP contribution is -2.06. The van der Waals surface area contributed by atoms with Crippen LogP contribution >= 0.6 is 11.8 Å². The monoisotopic (exact) mass is 254 g/mol. The molecule has 0 bridgehead atoms. The van der Waals surface area contributed by atoms with Crippen LogP contribution in [-0.2, 0) is 0 Å². The average Bonchev–Trinajstić information content (AvgIpc) is 2.28. The van der Waals surface area contributed by atoms with Gasteiger partial charge in [-0.25, -0.2) is 0 Å². The van der Waals surface area contributed by atoms with E-state index in [0.717, 1.165) is 29.9 Å². The van der Waals surface area contributed by atoms with Crippen molar-refractivity contribution in [3.05, 3.63) is 29.8 Å². The van der Waals surface area contributed by atoms with Crippen LogP contribution in [-0.4, -0.2) is 23.2 Å². The predicted octanol–water partition coefficient (Wildman–Crippen LogP) is 3.65. The number of ether oxygens (including phenoxy) is 1. The molecule has 1 N–H and O–H groups in total. The van der Waals surface area contributed by atoms with E-state index in [-0.39, 0.29) is 12.2 Å². The fourth-order valence-electron chi connectivity index (χ4n) is 1.65. The van der Waals surface area contributed by atoms with Gasteiger partial charge in [0.15, 0.2) is 0 Å². The van der Waals surface area contributed by atoms with Gasteiger partial charge in [0, 0.05) is 0 Å². The third-order valence-electron chi connectivity index (χ3n) is 2.44. The predicted molar refractivity (Wildman–Crippen MR) is 74.8 cm³/mol. The van der Waals surface area contributed by atoms with E-state index in [0.29, 0.717) is 0 Å². The Bertz CT molecular complexity index is 326. The molecule has 1 aromatic carbocycles. The summed E-state index contributed by atoms with van der Waals surface area (Å²) in [6, 6.07) is 7.75. The number of hydrogen-bond acceptors (Lipinski definition) is 3. The number of aliphatic hydroxyl groups is 1. The fraction of sp³-hybridized carbons (Fsp3) is 0.571. The SMILES string of the molecule is CSCCCC(O)c1cccc(OC(C)C)c1. The standard InChI is InChI=1S/C14H22O2S/c1-11(2)16-13-7-4-6-12(10-13)14(15)8-5-9-17-3/h4,6-7,10-11,14-15H,5,8-9H2,1-3H3. The Hall–Kier alpha value is -0.670. The lowest BCUT2D eigenvalue weighted by atomic mass is 10.1. The number of benzene rings is 1. The molecule has 0 spiro atoms. The molecule has 17 heavy (non-hydrogen) atoms. The molecule has 0 aromatic heterocycles. The molecule has 1 unspecified atom stereocenters. The average molecular weight is 254 g/mol. The second-order valence-electron chi connectivity index (χ2n) is 4.39. The number of rotatable bonds is 7. The Morgan fingerprint density at radius 2 is 2.12 bits per heavy atom. The van der Waals surface area contributed by atoms with Gasteiger partial charge in [-0.1, -0.05) is 12.1 Å². The van der Waals surface area contributed by atoms with Crippen LogP contribution in [0.3, 0.4) is 0 Å². The highest BCUT2D eigenvalue weighted by atomic mass is 32.2. The van der Waals surface area contributed by atoms with E-state index in [1.165, 1.54) is 0 Å². The van der Waals surface area contributed by atoms with Crippen LogP contribution in [0.4, 0.5) is 0 Å². The summed E-state index contributed by atoms with van der Waals surface area (Å²) in [6.45, 7) is 4.00. The molecule has 0 saturated heterocycles. The van der Waals surface area contributed by atoms with Gasteiger partial charge < -0.3 is 9.84 Å². The second-order valence-corrected chi connectivity index (χ2v) is 5.38. The molecule has 0 aliphatic heterocycles.